The molecule has 0 aliphatic heterocycles. The maximum Gasteiger partial charge on any atom is 0.243 e. The van der Waals surface area contributed by atoms with Gasteiger partial charge in [-0.3, -0.25) is 47.9 Å². The first kappa shape index (κ1) is 57.2. The van der Waals surface area contributed by atoms with E-state index >= 15 is 0 Å². The van der Waals surface area contributed by atoms with E-state index in [4.69, 9.17) is 17.2 Å². The zero-order valence-electron chi connectivity index (χ0n) is 39.7. The van der Waals surface area contributed by atoms with Gasteiger partial charge in [-0.2, -0.15) is 0 Å². The van der Waals surface area contributed by atoms with E-state index in [9.17, 15) is 47.9 Å². The van der Waals surface area contributed by atoms with E-state index in [-0.39, 0.29) is 37.6 Å². The van der Waals surface area contributed by atoms with Crippen LogP contribution in [-0.2, 0) is 54.4 Å². The smallest absolute Gasteiger partial charge is 0.243 e. The standard InChI is InChI=1S/C46H70N12O10/c1-7-28(6)41(57-39(63)25-53-42(64)32(48)20-29-13-15-31(16-14-29)30-11-9-8-10-12-30)45(67)54-23-37(61)50-22-36(60)51-24-38(62)55-33(17-18-47)44(66)58-40(27(4)5)46(68)56-34(19-26(2)3)43(65)52-21-35(49)59/h8-16,26-28,32-34,40-41H,7,17-25,47-48H2,1-6H3,(H2,49,59)(H,50,61)(H,51,60)(H,52,65)(H,53,64)(H,54,67)(H,55,62)(H,56,68)(H,57,63)(H,58,66)/t28-,32?,33-,34-,40?,41?/m0/s1. The Balaban J connectivity index is 1.83. The summed E-state index contributed by atoms with van der Waals surface area (Å²) in [4.78, 5) is 127. The number of hydrogen-bond donors (Lipinski definition) is 12. The molecule has 0 aromatic heterocycles. The summed E-state index contributed by atoms with van der Waals surface area (Å²) in [6, 6.07) is 12.0. The molecule has 2 aromatic carbocycles. The van der Waals surface area contributed by atoms with Crippen LogP contribution in [0.15, 0.2) is 54.6 Å². The lowest BCUT2D eigenvalue weighted by molar-refractivity contribution is -0.135. The van der Waals surface area contributed by atoms with Gasteiger partial charge in [0.05, 0.1) is 38.8 Å². The lowest BCUT2D eigenvalue weighted by Crippen LogP contribution is -2.59. The minimum atomic E-state index is -1.21. The Hall–Kier alpha value is -6.94. The van der Waals surface area contributed by atoms with Crippen molar-refractivity contribution in [3.8, 4) is 11.1 Å². The van der Waals surface area contributed by atoms with Gasteiger partial charge in [0.15, 0.2) is 0 Å². The van der Waals surface area contributed by atoms with E-state index in [1.165, 1.54) is 0 Å². The van der Waals surface area contributed by atoms with Gasteiger partial charge < -0.3 is 65.1 Å². The number of primary amides is 1. The first-order chi connectivity index (χ1) is 32.1. The molecule has 10 amide bonds. The average Bonchev–Trinajstić information content (AvgIpc) is 3.30. The van der Waals surface area contributed by atoms with Gasteiger partial charge in [0.2, 0.25) is 59.1 Å². The van der Waals surface area contributed by atoms with Crippen molar-refractivity contribution in [3.05, 3.63) is 60.2 Å². The Bertz CT molecular complexity index is 2030. The van der Waals surface area contributed by atoms with Gasteiger partial charge in [0, 0.05) is 0 Å². The van der Waals surface area contributed by atoms with Gasteiger partial charge >= 0.3 is 0 Å². The summed E-state index contributed by atoms with van der Waals surface area (Å²) in [6.07, 6.45) is 0.897. The van der Waals surface area contributed by atoms with Crippen molar-refractivity contribution in [2.75, 3.05) is 39.3 Å². The van der Waals surface area contributed by atoms with Gasteiger partial charge in [-0.1, -0.05) is 103 Å². The molecule has 0 aliphatic rings. The quantitative estimate of drug-likeness (QED) is 0.0397. The van der Waals surface area contributed by atoms with Gasteiger partial charge in [0.1, 0.15) is 24.2 Å². The first-order valence-corrected chi connectivity index (χ1v) is 22.6. The molecule has 0 spiro atoms. The molecule has 0 bridgehead atoms. The molecule has 0 radical (unpaired) electrons. The SMILES string of the molecule is CC[C@H](C)C(NC(=O)CNC(=O)C(N)Cc1ccc(-c2ccccc2)cc1)C(=O)NCC(=O)NCC(=O)NCC(=O)N[C@@H](CCN)C(=O)NC(C(=O)N[C@@H](CC(C)C)C(=O)NCC(N)=O)C(C)C. The second kappa shape index (κ2) is 29.6. The molecule has 3 unspecified atom stereocenters. The number of carbonyl (C=O) groups is 10. The molecule has 15 N–H and O–H groups in total. The monoisotopic (exact) mass is 951 g/mol. The molecule has 0 saturated carbocycles. The predicted octanol–water partition coefficient (Wildman–Crippen LogP) is -2.67. The normalized spacial score (nSPS) is 13.6. The van der Waals surface area contributed by atoms with E-state index in [1.54, 1.807) is 27.7 Å². The lowest BCUT2D eigenvalue weighted by atomic mass is 9.98. The van der Waals surface area contributed by atoms with Gasteiger partial charge in [-0.05, 0) is 60.3 Å². The highest BCUT2D eigenvalue weighted by Gasteiger charge is 2.32. The number of hydrogen-bond acceptors (Lipinski definition) is 12. The van der Waals surface area contributed by atoms with Crippen LogP contribution >= 0.6 is 0 Å². The Morgan fingerprint density at radius 1 is 0.529 bits per heavy atom. The highest BCUT2D eigenvalue weighted by atomic mass is 16.2. The number of benzene rings is 2. The van der Waals surface area contributed by atoms with Crippen molar-refractivity contribution in [3.63, 3.8) is 0 Å². The summed E-state index contributed by atoms with van der Waals surface area (Å²) < 4.78 is 0. The number of nitrogens with two attached hydrogens (primary N) is 3. The zero-order chi connectivity index (χ0) is 50.9. The van der Waals surface area contributed by atoms with Crippen LogP contribution in [0.25, 0.3) is 11.1 Å². The van der Waals surface area contributed by atoms with Crippen molar-refractivity contribution in [2.45, 2.75) is 97.4 Å². The Labute approximate surface area is 396 Å². The topological polar surface area (TPSA) is 357 Å². The van der Waals surface area contributed by atoms with E-state index in [0.29, 0.717) is 6.42 Å². The lowest BCUT2D eigenvalue weighted by Gasteiger charge is -2.27. The fourth-order valence-electron chi connectivity index (χ4n) is 6.53. The molecule has 374 valence electrons. The molecular formula is C46H70N12O10. The zero-order valence-corrected chi connectivity index (χ0v) is 39.7. The number of rotatable bonds is 29. The number of amides is 10. The van der Waals surface area contributed by atoms with E-state index < -0.39 is 128 Å². The van der Waals surface area contributed by atoms with E-state index in [0.717, 1.165) is 16.7 Å². The highest BCUT2D eigenvalue weighted by Crippen LogP contribution is 2.20. The molecule has 0 fully saturated rings. The molecule has 0 saturated heterocycles. The Morgan fingerprint density at radius 2 is 1.06 bits per heavy atom. The first-order valence-electron chi connectivity index (χ1n) is 22.6. The summed E-state index contributed by atoms with van der Waals surface area (Å²) >= 11 is 0. The average molecular weight is 951 g/mol. The van der Waals surface area contributed by atoms with Crippen LogP contribution in [0.3, 0.4) is 0 Å². The molecule has 22 heteroatoms. The molecule has 22 nitrogen and oxygen atoms in total. The fraction of sp³-hybridized carbons (Fsp3) is 0.522. The summed E-state index contributed by atoms with van der Waals surface area (Å²) in [5.41, 5.74) is 19.8. The minimum Gasteiger partial charge on any atom is -0.368 e. The van der Waals surface area contributed by atoms with E-state index in [2.05, 4.69) is 47.9 Å². The fourth-order valence-corrected chi connectivity index (χ4v) is 6.53. The molecule has 0 heterocycles. The largest absolute Gasteiger partial charge is 0.368 e. The molecule has 0 aliphatic carbocycles. The van der Waals surface area contributed by atoms with Crippen molar-refractivity contribution in [1.29, 1.82) is 0 Å². The number of carbonyl (C=O) groups excluding carboxylic acids is 10. The third kappa shape index (κ3) is 21.1. The molecule has 2 rings (SSSR count). The van der Waals surface area contributed by atoms with Crippen LogP contribution in [0.4, 0.5) is 0 Å². The maximum atomic E-state index is 13.3. The summed E-state index contributed by atoms with van der Waals surface area (Å²) in [6.45, 7) is 7.87. The molecule has 2 aromatic rings. The Morgan fingerprint density at radius 3 is 1.62 bits per heavy atom. The van der Waals surface area contributed by atoms with E-state index in [1.807, 2.05) is 68.4 Å². The minimum absolute atomic E-state index is 0.0289. The van der Waals surface area contributed by atoms with Crippen molar-refractivity contribution < 1.29 is 47.9 Å². The summed E-state index contributed by atoms with van der Waals surface area (Å²) in [7, 11) is 0. The predicted molar refractivity (Wildman–Crippen MR) is 253 cm³/mol. The molecule has 6 atom stereocenters. The van der Waals surface area contributed by atoms with Crippen molar-refractivity contribution in [1.82, 2.24) is 47.9 Å². The van der Waals surface area contributed by atoms with Crippen LogP contribution in [0.5, 0.6) is 0 Å². The van der Waals surface area contributed by atoms with Crippen molar-refractivity contribution >= 4 is 59.1 Å². The van der Waals surface area contributed by atoms with Crippen LogP contribution < -0.4 is 65.1 Å². The summed E-state index contributed by atoms with van der Waals surface area (Å²) in [5, 5.41) is 22.2. The van der Waals surface area contributed by atoms with Crippen LogP contribution in [0.1, 0.15) is 66.4 Å². The van der Waals surface area contributed by atoms with Gasteiger partial charge in [-0.25, -0.2) is 0 Å². The van der Waals surface area contributed by atoms with Crippen LogP contribution in [0, 0.1) is 17.8 Å². The second-order valence-corrected chi connectivity index (χ2v) is 17.1. The van der Waals surface area contributed by atoms with Crippen LogP contribution in [-0.4, -0.2) is 129 Å². The molecular weight excluding hydrogens is 881 g/mol. The summed E-state index contributed by atoms with van der Waals surface area (Å²) in [5.74, 6) is -7.91. The highest BCUT2D eigenvalue weighted by molar-refractivity contribution is 5.96. The second-order valence-electron chi connectivity index (χ2n) is 17.1. The van der Waals surface area contributed by atoms with Gasteiger partial charge in [0.25, 0.3) is 0 Å². The number of nitrogens with one attached hydrogen (secondary N) is 9. The third-order valence-corrected chi connectivity index (χ3v) is 10.5. The Kier molecular flexibility index (Phi) is 24.9. The van der Waals surface area contributed by atoms with Crippen molar-refractivity contribution in [2.24, 2.45) is 35.0 Å². The molecule has 68 heavy (non-hydrogen) atoms. The maximum absolute atomic E-state index is 13.3. The third-order valence-electron chi connectivity index (χ3n) is 10.5. The van der Waals surface area contributed by atoms with Crippen LogP contribution in [0.2, 0.25) is 0 Å². The van der Waals surface area contributed by atoms with Gasteiger partial charge in [-0.15, -0.1) is 0 Å².